The first-order valence-electron chi connectivity index (χ1n) is 11.6. The molecule has 0 spiro atoms. The zero-order valence-corrected chi connectivity index (χ0v) is 19.3. The minimum Gasteiger partial charge on any atom is -0.336 e. The van der Waals surface area contributed by atoms with Gasteiger partial charge in [-0.25, -0.2) is 19.5 Å². The Morgan fingerprint density at radius 1 is 1.14 bits per heavy atom. The van der Waals surface area contributed by atoms with Gasteiger partial charge in [0, 0.05) is 43.8 Å². The predicted molar refractivity (Wildman–Crippen MR) is 131 cm³/mol. The van der Waals surface area contributed by atoms with E-state index in [-0.39, 0.29) is 23.1 Å². The third kappa shape index (κ3) is 4.49. The molecule has 0 bridgehead atoms. The van der Waals surface area contributed by atoms with Gasteiger partial charge in [-0.15, -0.1) is 0 Å². The molecule has 0 saturated carbocycles. The highest BCUT2D eigenvalue weighted by Crippen LogP contribution is 2.24. The number of anilines is 1. The van der Waals surface area contributed by atoms with Crippen LogP contribution in [-0.2, 0) is 6.42 Å². The second-order valence-corrected chi connectivity index (χ2v) is 8.56. The van der Waals surface area contributed by atoms with Crippen molar-refractivity contribution in [2.75, 3.05) is 24.5 Å². The number of hydrogen-bond acceptors (Lipinski definition) is 6. The van der Waals surface area contributed by atoms with Crippen molar-refractivity contribution < 1.29 is 9.18 Å². The Morgan fingerprint density at radius 3 is 2.69 bits per heavy atom. The lowest BCUT2D eigenvalue weighted by Gasteiger charge is -2.27. The Morgan fingerprint density at radius 2 is 1.91 bits per heavy atom. The molecule has 178 valence electrons. The fourth-order valence-corrected chi connectivity index (χ4v) is 4.70. The van der Waals surface area contributed by atoms with Gasteiger partial charge in [0.2, 0.25) is 5.95 Å². The maximum Gasteiger partial charge on any atom is 0.272 e. The molecule has 4 aromatic rings. The molecule has 1 amide bonds. The van der Waals surface area contributed by atoms with Crippen LogP contribution in [0.2, 0.25) is 0 Å². The molecule has 2 aromatic heterocycles. The van der Waals surface area contributed by atoms with Gasteiger partial charge in [-0.1, -0.05) is 24.3 Å². The summed E-state index contributed by atoms with van der Waals surface area (Å²) in [4.78, 5) is 37.8. The van der Waals surface area contributed by atoms with Crippen LogP contribution >= 0.6 is 0 Å². The number of likely N-dealkylation sites (N-methyl/N-ethyl adjacent to an activating group) is 1. The van der Waals surface area contributed by atoms with E-state index in [0.29, 0.717) is 43.1 Å². The molecule has 1 N–H and O–H groups in total. The number of halogens is 1. The van der Waals surface area contributed by atoms with E-state index in [1.54, 1.807) is 47.6 Å². The van der Waals surface area contributed by atoms with E-state index >= 15 is 0 Å². The van der Waals surface area contributed by atoms with Gasteiger partial charge in [0.15, 0.2) is 0 Å². The quantitative estimate of drug-likeness (QED) is 0.463. The average Bonchev–Trinajstić information content (AvgIpc) is 3.37. The van der Waals surface area contributed by atoms with E-state index < -0.39 is 5.82 Å². The molecule has 0 radical (unpaired) electrons. The Bertz CT molecular complexity index is 1420. The number of nitrogens with one attached hydrogen (secondary N) is 1. The van der Waals surface area contributed by atoms with Gasteiger partial charge >= 0.3 is 0 Å². The number of benzene rings is 2. The summed E-state index contributed by atoms with van der Waals surface area (Å²) in [7, 11) is 0. The van der Waals surface area contributed by atoms with E-state index in [1.807, 2.05) is 19.1 Å². The topological polar surface area (TPSA) is 95.1 Å². The number of amides is 1. The smallest absolute Gasteiger partial charge is 0.272 e. The van der Waals surface area contributed by atoms with Crippen LogP contribution < -0.4 is 10.5 Å². The first kappa shape index (κ1) is 22.6. The molecule has 1 saturated heterocycles. The molecule has 3 heterocycles. The highest BCUT2D eigenvalue weighted by atomic mass is 19.1. The number of hydrogen-bond donors (Lipinski definition) is 1. The molecule has 8 nitrogen and oxygen atoms in total. The van der Waals surface area contributed by atoms with Crippen molar-refractivity contribution in [2.24, 2.45) is 0 Å². The van der Waals surface area contributed by atoms with Crippen LogP contribution in [0, 0.1) is 5.82 Å². The van der Waals surface area contributed by atoms with Crippen LogP contribution in [0.15, 0.2) is 65.7 Å². The number of carbonyl (C=O) groups excluding carboxylic acids is 1. The Labute approximate surface area is 201 Å². The van der Waals surface area contributed by atoms with Crippen molar-refractivity contribution in [2.45, 2.75) is 25.8 Å². The third-order valence-electron chi connectivity index (χ3n) is 6.45. The van der Waals surface area contributed by atoms with Crippen LogP contribution in [0.25, 0.3) is 10.8 Å². The third-order valence-corrected chi connectivity index (χ3v) is 6.45. The van der Waals surface area contributed by atoms with Crippen LogP contribution in [0.3, 0.4) is 0 Å². The Kier molecular flexibility index (Phi) is 6.22. The number of likely N-dealkylation sites (tertiary alicyclic amines) is 1. The van der Waals surface area contributed by atoms with E-state index in [9.17, 15) is 14.0 Å². The van der Waals surface area contributed by atoms with Crippen molar-refractivity contribution in [3.05, 3.63) is 93.9 Å². The molecule has 0 aliphatic carbocycles. The number of H-pyrrole nitrogens is 1. The lowest BCUT2D eigenvalue weighted by atomic mass is 10.0. The Balaban J connectivity index is 1.36. The molecular weight excluding hydrogens is 447 g/mol. The average molecular weight is 473 g/mol. The summed E-state index contributed by atoms with van der Waals surface area (Å²) in [6.07, 6.45) is 4.51. The van der Waals surface area contributed by atoms with Gasteiger partial charge in [0.05, 0.1) is 22.7 Å². The molecule has 1 aliphatic rings. The highest BCUT2D eigenvalue weighted by Gasteiger charge is 2.32. The van der Waals surface area contributed by atoms with E-state index in [0.717, 1.165) is 17.4 Å². The fraction of sp³-hybridized carbons (Fsp3) is 0.269. The van der Waals surface area contributed by atoms with Gasteiger partial charge in [0.1, 0.15) is 5.82 Å². The van der Waals surface area contributed by atoms with Crippen LogP contribution in [-0.4, -0.2) is 56.6 Å². The first-order chi connectivity index (χ1) is 17.0. The number of fused-ring (bicyclic) bond motifs is 1. The summed E-state index contributed by atoms with van der Waals surface area (Å²) in [5.41, 5.74) is 1.18. The van der Waals surface area contributed by atoms with Crippen molar-refractivity contribution in [1.82, 2.24) is 25.1 Å². The standard InChI is InChI=1S/C26H25FN6O2/c1-2-33(26-28-11-5-12-29-26)18-10-13-32(16-18)25(35)21-14-17(8-9-22(21)27)15-23-19-6-3-4-7-20(19)24(34)31-30-23/h3-9,11-12,14,18H,2,10,13,15-16H2,1H3,(H,31,34). The van der Waals surface area contributed by atoms with Gasteiger partial charge < -0.3 is 9.80 Å². The Hall–Kier alpha value is -4.14. The summed E-state index contributed by atoms with van der Waals surface area (Å²) >= 11 is 0. The van der Waals surface area contributed by atoms with Crippen molar-refractivity contribution in [1.29, 1.82) is 0 Å². The number of nitrogens with zero attached hydrogens (tertiary/aromatic N) is 5. The first-order valence-corrected chi connectivity index (χ1v) is 11.6. The van der Waals surface area contributed by atoms with Gasteiger partial charge in [-0.05, 0) is 43.2 Å². The van der Waals surface area contributed by atoms with Crippen molar-refractivity contribution in [3.8, 4) is 0 Å². The summed E-state index contributed by atoms with van der Waals surface area (Å²) in [6, 6.07) is 13.6. The van der Waals surface area contributed by atoms with Gasteiger partial charge in [0.25, 0.3) is 11.5 Å². The lowest BCUT2D eigenvalue weighted by Crippen LogP contribution is -2.40. The van der Waals surface area contributed by atoms with Crippen molar-refractivity contribution in [3.63, 3.8) is 0 Å². The number of carbonyl (C=O) groups is 1. The molecule has 1 atom stereocenters. The molecule has 1 unspecified atom stereocenters. The SMILES string of the molecule is CCN(c1ncccn1)C1CCN(C(=O)c2cc(Cc3n[nH]c(=O)c4ccccc34)ccc2F)C1. The molecular formula is C26H25FN6O2. The van der Waals surface area contributed by atoms with Crippen LogP contribution in [0.5, 0.6) is 0 Å². The fourth-order valence-electron chi connectivity index (χ4n) is 4.70. The molecule has 35 heavy (non-hydrogen) atoms. The highest BCUT2D eigenvalue weighted by molar-refractivity contribution is 5.95. The zero-order chi connectivity index (χ0) is 24.4. The van der Waals surface area contributed by atoms with Crippen molar-refractivity contribution >= 4 is 22.6 Å². The minimum atomic E-state index is -0.555. The summed E-state index contributed by atoms with van der Waals surface area (Å²) < 4.78 is 14.8. The predicted octanol–water partition coefficient (Wildman–Crippen LogP) is 3.18. The second kappa shape index (κ2) is 9.61. The summed E-state index contributed by atoms with van der Waals surface area (Å²) in [5, 5.41) is 8.00. The van der Waals surface area contributed by atoms with Crippen LogP contribution in [0.1, 0.15) is 35.0 Å². The largest absolute Gasteiger partial charge is 0.336 e. The van der Waals surface area contributed by atoms with E-state index in [1.165, 1.54) is 6.07 Å². The van der Waals surface area contributed by atoms with E-state index in [4.69, 9.17) is 0 Å². The maximum absolute atomic E-state index is 14.8. The van der Waals surface area contributed by atoms with Gasteiger partial charge in [-0.3, -0.25) is 9.59 Å². The van der Waals surface area contributed by atoms with Crippen LogP contribution in [0.4, 0.5) is 10.3 Å². The summed E-state index contributed by atoms with van der Waals surface area (Å²) in [6.45, 7) is 3.74. The monoisotopic (exact) mass is 472 g/mol. The maximum atomic E-state index is 14.8. The normalized spacial score (nSPS) is 15.5. The zero-order valence-electron chi connectivity index (χ0n) is 19.3. The molecule has 1 aliphatic heterocycles. The number of rotatable bonds is 6. The minimum absolute atomic E-state index is 0.0379. The van der Waals surface area contributed by atoms with E-state index in [2.05, 4.69) is 25.1 Å². The second-order valence-electron chi connectivity index (χ2n) is 8.56. The molecule has 1 fully saturated rings. The molecule has 5 rings (SSSR count). The lowest BCUT2D eigenvalue weighted by molar-refractivity contribution is 0.0786. The number of aromatic nitrogens is 4. The number of aromatic amines is 1. The van der Waals surface area contributed by atoms with Gasteiger partial charge in [-0.2, -0.15) is 5.10 Å². The summed E-state index contributed by atoms with van der Waals surface area (Å²) in [5.74, 6) is -0.264. The molecule has 9 heteroatoms. The molecule has 2 aromatic carbocycles.